The molecule has 0 aliphatic heterocycles. The summed E-state index contributed by atoms with van der Waals surface area (Å²) in [5.41, 5.74) is 1.79. The Bertz CT molecular complexity index is 883. The lowest BCUT2D eigenvalue weighted by Gasteiger charge is -2.35. The third-order valence-corrected chi connectivity index (χ3v) is 4.61. The Morgan fingerprint density at radius 3 is 2.85 bits per heavy atom. The first-order valence-corrected chi connectivity index (χ1v) is 8.53. The number of aromatic nitrogens is 4. The van der Waals surface area contributed by atoms with Crippen LogP contribution in [0.3, 0.4) is 0 Å². The van der Waals surface area contributed by atoms with Crippen molar-refractivity contribution in [2.75, 3.05) is 6.54 Å². The minimum atomic E-state index is -0.106. The van der Waals surface area contributed by atoms with Gasteiger partial charge in [0.1, 0.15) is 5.69 Å². The number of aliphatic hydroxyl groups is 1. The summed E-state index contributed by atoms with van der Waals surface area (Å²) in [5.74, 6) is 0.492. The maximum atomic E-state index is 12.3. The van der Waals surface area contributed by atoms with Crippen LogP contribution in [0.15, 0.2) is 47.1 Å². The van der Waals surface area contributed by atoms with E-state index in [1.165, 1.54) is 0 Å². The fourth-order valence-electron chi connectivity index (χ4n) is 3.01. The van der Waals surface area contributed by atoms with Crippen LogP contribution in [0, 0.1) is 0 Å². The predicted molar refractivity (Wildman–Crippen MR) is 92.3 cm³/mol. The highest BCUT2D eigenvalue weighted by atomic mass is 16.5. The van der Waals surface area contributed by atoms with E-state index in [9.17, 15) is 4.79 Å². The van der Waals surface area contributed by atoms with Crippen molar-refractivity contribution in [3.63, 3.8) is 0 Å². The number of rotatable bonds is 7. The van der Waals surface area contributed by atoms with Gasteiger partial charge in [0.05, 0.1) is 25.4 Å². The Labute approximate surface area is 149 Å². The highest BCUT2D eigenvalue weighted by Gasteiger charge is 2.31. The van der Waals surface area contributed by atoms with E-state index in [0.29, 0.717) is 17.1 Å². The predicted octanol–water partition coefficient (Wildman–Crippen LogP) is 1.60. The molecule has 4 rings (SSSR count). The average molecular weight is 353 g/mol. The second-order valence-electron chi connectivity index (χ2n) is 6.42. The monoisotopic (exact) mass is 353 g/mol. The van der Waals surface area contributed by atoms with Crippen LogP contribution < -0.4 is 5.32 Å². The molecule has 26 heavy (non-hydrogen) atoms. The van der Waals surface area contributed by atoms with Gasteiger partial charge < -0.3 is 14.9 Å². The van der Waals surface area contributed by atoms with Crippen molar-refractivity contribution in [3.05, 3.63) is 54.0 Å². The number of aliphatic hydroxyl groups excluding tert-OH is 1. The highest BCUT2D eigenvalue weighted by molar-refractivity contribution is 5.96. The van der Waals surface area contributed by atoms with Crippen LogP contribution >= 0.6 is 0 Å². The first kappa shape index (κ1) is 16.6. The molecule has 8 heteroatoms. The summed E-state index contributed by atoms with van der Waals surface area (Å²) in [4.78, 5) is 12.3. The standard InChI is InChI=1S/C18H19N5O3/c24-11-14-10-23(22-20-14)15-6-13(7-15)19-9-17(25)16-8-18(26-21-16)12-4-2-1-3-5-12/h1-5,8,10,13,15,19,24H,6-7,9,11H2. The Kier molecular flexibility index (Phi) is 4.59. The molecule has 3 aromatic rings. The van der Waals surface area contributed by atoms with E-state index in [0.717, 1.165) is 18.4 Å². The Balaban J connectivity index is 1.27. The second-order valence-corrected chi connectivity index (χ2v) is 6.42. The van der Waals surface area contributed by atoms with Gasteiger partial charge in [0.25, 0.3) is 0 Å². The molecule has 1 aliphatic carbocycles. The summed E-state index contributed by atoms with van der Waals surface area (Å²) in [5, 5.41) is 24.0. The summed E-state index contributed by atoms with van der Waals surface area (Å²) in [6.07, 6.45) is 3.50. The first-order valence-electron chi connectivity index (χ1n) is 8.53. The molecule has 0 saturated heterocycles. The molecular formula is C18H19N5O3. The van der Waals surface area contributed by atoms with Crippen molar-refractivity contribution >= 4 is 5.78 Å². The number of Topliss-reactive ketones (excluding diaryl/α,β-unsaturated/α-hetero) is 1. The Hall–Kier alpha value is -2.84. The Morgan fingerprint density at radius 2 is 2.12 bits per heavy atom. The maximum absolute atomic E-state index is 12.3. The van der Waals surface area contributed by atoms with Crippen LogP contribution in [0.4, 0.5) is 0 Å². The number of ketones is 1. The van der Waals surface area contributed by atoms with E-state index in [1.807, 2.05) is 30.3 Å². The van der Waals surface area contributed by atoms with Gasteiger partial charge in [0, 0.05) is 17.7 Å². The van der Waals surface area contributed by atoms with Crippen LogP contribution in [0.1, 0.15) is 35.1 Å². The largest absolute Gasteiger partial charge is 0.390 e. The van der Waals surface area contributed by atoms with Gasteiger partial charge in [-0.3, -0.25) is 4.79 Å². The number of hydrogen-bond donors (Lipinski definition) is 2. The van der Waals surface area contributed by atoms with Gasteiger partial charge in [-0.2, -0.15) is 0 Å². The third kappa shape index (κ3) is 3.42. The van der Waals surface area contributed by atoms with Crippen LogP contribution in [0.5, 0.6) is 0 Å². The van der Waals surface area contributed by atoms with E-state index in [1.54, 1.807) is 16.9 Å². The number of hydrogen-bond acceptors (Lipinski definition) is 7. The first-order chi connectivity index (χ1) is 12.7. The van der Waals surface area contributed by atoms with Crippen LogP contribution in [0.2, 0.25) is 0 Å². The fourth-order valence-corrected chi connectivity index (χ4v) is 3.01. The van der Waals surface area contributed by atoms with Gasteiger partial charge in [-0.15, -0.1) is 5.10 Å². The van der Waals surface area contributed by atoms with Gasteiger partial charge in [0.2, 0.25) is 0 Å². The van der Waals surface area contributed by atoms with Crippen molar-refractivity contribution in [1.82, 2.24) is 25.5 Å². The molecule has 0 unspecified atom stereocenters. The quantitative estimate of drug-likeness (QED) is 0.621. The van der Waals surface area contributed by atoms with Gasteiger partial charge in [0.15, 0.2) is 17.2 Å². The molecule has 134 valence electrons. The minimum absolute atomic E-state index is 0.0947. The minimum Gasteiger partial charge on any atom is -0.390 e. The van der Waals surface area contributed by atoms with E-state index in [4.69, 9.17) is 9.63 Å². The number of carbonyl (C=O) groups is 1. The molecule has 0 amide bonds. The number of carbonyl (C=O) groups excluding carboxylic acids is 1. The van der Waals surface area contributed by atoms with Gasteiger partial charge in [-0.25, -0.2) is 4.68 Å². The van der Waals surface area contributed by atoms with E-state index in [2.05, 4.69) is 20.8 Å². The van der Waals surface area contributed by atoms with Gasteiger partial charge in [-0.05, 0) is 12.8 Å². The van der Waals surface area contributed by atoms with Crippen molar-refractivity contribution < 1.29 is 14.4 Å². The van der Waals surface area contributed by atoms with Crippen molar-refractivity contribution in [2.45, 2.75) is 31.5 Å². The lowest BCUT2D eigenvalue weighted by molar-refractivity contribution is 0.0964. The molecule has 2 aromatic heterocycles. The zero-order valence-corrected chi connectivity index (χ0v) is 14.1. The fraction of sp³-hybridized carbons (Fsp3) is 0.333. The summed E-state index contributed by atoms with van der Waals surface area (Å²) >= 11 is 0. The highest BCUT2D eigenvalue weighted by Crippen LogP contribution is 2.31. The smallest absolute Gasteiger partial charge is 0.198 e. The van der Waals surface area contributed by atoms with Crippen molar-refractivity contribution in [1.29, 1.82) is 0 Å². The molecule has 1 fully saturated rings. The van der Waals surface area contributed by atoms with Gasteiger partial charge >= 0.3 is 0 Å². The zero-order chi connectivity index (χ0) is 17.9. The van der Waals surface area contributed by atoms with Crippen LogP contribution in [-0.2, 0) is 6.61 Å². The van der Waals surface area contributed by atoms with Crippen molar-refractivity contribution in [3.8, 4) is 11.3 Å². The zero-order valence-electron chi connectivity index (χ0n) is 14.1. The van der Waals surface area contributed by atoms with Crippen LogP contribution in [0.25, 0.3) is 11.3 Å². The lowest BCUT2D eigenvalue weighted by Crippen LogP contribution is -2.44. The molecule has 0 atom stereocenters. The van der Waals surface area contributed by atoms with Crippen molar-refractivity contribution in [2.24, 2.45) is 0 Å². The summed E-state index contributed by atoms with van der Waals surface area (Å²) in [6.45, 7) is 0.114. The Morgan fingerprint density at radius 1 is 1.31 bits per heavy atom. The molecule has 8 nitrogen and oxygen atoms in total. The molecular weight excluding hydrogens is 334 g/mol. The molecule has 2 N–H and O–H groups in total. The molecule has 0 radical (unpaired) electrons. The molecule has 2 heterocycles. The number of nitrogens with one attached hydrogen (secondary N) is 1. The summed E-state index contributed by atoms with van der Waals surface area (Å²) in [6, 6.07) is 11.7. The molecule has 1 aliphatic rings. The molecule has 0 bridgehead atoms. The maximum Gasteiger partial charge on any atom is 0.198 e. The third-order valence-electron chi connectivity index (χ3n) is 4.61. The topological polar surface area (TPSA) is 106 Å². The number of benzene rings is 1. The lowest BCUT2D eigenvalue weighted by atomic mass is 9.87. The van der Waals surface area contributed by atoms with E-state index in [-0.39, 0.29) is 31.0 Å². The summed E-state index contributed by atoms with van der Waals surface area (Å²) in [7, 11) is 0. The van der Waals surface area contributed by atoms with Crippen LogP contribution in [-0.4, -0.2) is 43.6 Å². The molecule has 0 spiro atoms. The van der Waals surface area contributed by atoms with E-state index >= 15 is 0 Å². The SMILES string of the molecule is O=C(CNC1CC(n2cc(CO)nn2)C1)c1cc(-c2ccccc2)on1. The molecule has 1 saturated carbocycles. The average Bonchev–Trinajstić information content (AvgIpc) is 3.31. The van der Waals surface area contributed by atoms with Gasteiger partial charge in [-0.1, -0.05) is 40.7 Å². The normalized spacial score (nSPS) is 19.3. The number of nitrogens with zero attached hydrogens (tertiary/aromatic N) is 4. The van der Waals surface area contributed by atoms with E-state index < -0.39 is 0 Å². The second kappa shape index (κ2) is 7.19. The summed E-state index contributed by atoms with van der Waals surface area (Å²) < 4.78 is 7.04. The molecule has 1 aromatic carbocycles.